The monoisotopic (exact) mass is 298 g/mol. The fourth-order valence-electron chi connectivity index (χ4n) is 3.25. The Balaban J connectivity index is 2.17. The van der Waals surface area contributed by atoms with Crippen LogP contribution in [0.1, 0.15) is 33.6 Å². The van der Waals surface area contributed by atoms with E-state index in [9.17, 15) is 9.90 Å². The first-order valence-corrected chi connectivity index (χ1v) is 7.65. The number of rotatable bonds is 6. The van der Waals surface area contributed by atoms with Crippen LogP contribution in [0.3, 0.4) is 0 Å². The molecule has 120 valence electrons. The molecule has 5 heteroatoms. The van der Waals surface area contributed by atoms with Crippen LogP contribution in [0.2, 0.25) is 0 Å². The molecule has 2 saturated heterocycles. The van der Waals surface area contributed by atoms with Crippen LogP contribution in [0.25, 0.3) is 0 Å². The van der Waals surface area contributed by atoms with Crippen molar-refractivity contribution in [3.05, 3.63) is 12.7 Å². The van der Waals surface area contributed by atoms with Crippen LogP contribution in [0.5, 0.6) is 0 Å². The lowest BCUT2D eigenvalue weighted by molar-refractivity contribution is -0.214. The minimum absolute atomic E-state index is 0.141. The number of hydrogen-bond donors (Lipinski definition) is 1. The van der Waals surface area contributed by atoms with Crippen molar-refractivity contribution in [2.45, 2.75) is 45.5 Å². The molecule has 2 rings (SSSR count). The Labute approximate surface area is 126 Å². The topological polar surface area (TPSA) is 65.0 Å². The summed E-state index contributed by atoms with van der Waals surface area (Å²) >= 11 is 0. The fourth-order valence-corrected chi connectivity index (χ4v) is 3.25. The number of esters is 1. The van der Waals surface area contributed by atoms with Gasteiger partial charge in [-0.15, -0.1) is 6.58 Å². The first-order valence-electron chi connectivity index (χ1n) is 7.65. The van der Waals surface area contributed by atoms with Crippen molar-refractivity contribution in [2.24, 2.45) is 17.3 Å². The molecule has 0 radical (unpaired) electrons. The second-order valence-electron chi connectivity index (χ2n) is 6.38. The number of cyclic esters (lactones) is 1. The second kappa shape index (κ2) is 6.07. The van der Waals surface area contributed by atoms with Crippen LogP contribution in [-0.4, -0.2) is 42.8 Å². The first kappa shape index (κ1) is 16.5. The van der Waals surface area contributed by atoms with Gasteiger partial charge in [-0.3, -0.25) is 4.79 Å². The molecule has 0 aromatic heterocycles. The van der Waals surface area contributed by atoms with Gasteiger partial charge in [-0.2, -0.15) is 0 Å². The van der Waals surface area contributed by atoms with Gasteiger partial charge in [0.05, 0.1) is 25.2 Å². The van der Waals surface area contributed by atoms with E-state index in [0.717, 1.165) is 6.42 Å². The Hall–Kier alpha value is -0.910. The zero-order chi connectivity index (χ0) is 15.7. The molecule has 5 nitrogen and oxygen atoms in total. The summed E-state index contributed by atoms with van der Waals surface area (Å²) < 4.78 is 16.7. The van der Waals surface area contributed by atoms with Crippen LogP contribution in [0.15, 0.2) is 12.7 Å². The Kier molecular flexibility index (Phi) is 4.76. The molecule has 0 aromatic carbocycles. The Morgan fingerprint density at radius 2 is 2.10 bits per heavy atom. The highest BCUT2D eigenvalue weighted by molar-refractivity contribution is 5.76. The highest BCUT2D eigenvalue weighted by Crippen LogP contribution is 2.43. The van der Waals surface area contributed by atoms with Crippen molar-refractivity contribution in [3.63, 3.8) is 0 Å². The van der Waals surface area contributed by atoms with Gasteiger partial charge in [0, 0.05) is 17.8 Å². The maximum absolute atomic E-state index is 12.0. The summed E-state index contributed by atoms with van der Waals surface area (Å²) in [6.07, 6.45) is 1.96. The minimum Gasteiger partial charge on any atom is -0.464 e. The van der Waals surface area contributed by atoms with Gasteiger partial charge in [-0.05, 0) is 6.42 Å². The molecule has 0 spiro atoms. The molecule has 0 bridgehead atoms. The number of carbonyl (C=O) groups excluding carboxylic acids is 1. The zero-order valence-corrected chi connectivity index (χ0v) is 13.1. The number of carbonyl (C=O) groups is 1. The number of ether oxygens (including phenoxy) is 3. The fraction of sp³-hybridized carbons (Fsp3) is 0.812. The van der Waals surface area contributed by atoms with E-state index in [2.05, 4.69) is 13.5 Å². The molecule has 21 heavy (non-hydrogen) atoms. The van der Waals surface area contributed by atoms with Crippen LogP contribution in [0.4, 0.5) is 0 Å². The van der Waals surface area contributed by atoms with E-state index in [-0.39, 0.29) is 24.9 Å². The van der Waals surface area contributed by atoms with Crippen molar-refractivity contribution >= 4 is 5.97 Å². The molecule has 0 aliphatic carbocycles. The molecule has 0 aromatic rings. The summed E-state index contributed by atoms with van der Waals surface area (Å²) in [5, 5.41) is 10.6. The van der Waals surface area contributed by atoms with E-state index in [4.69, 9.17) is 14.2 Å². The zero-order valence-electron chi connectivity index (χ0n) is 13.1. The summed E-state index contributed by atoms with van der Waals surface area (Å²) in [6, 6.07) is 0. The SMILES string of the molecule is C=CC1(C)COC(=O)C1C(O)CC1(C(C)CC)OCCO1. The van der Waals surface area contributed by atoms with E-state index >= 15 is 0 Å². The molecule has 4 unspecified atom stereocenters. The van der Waals surface area contributed by atoms with Crippen LogP contribution in [0, 0.1) is 17.3 Å². The standard InChI is InChI=1S/C16H26O5/c1-5-11(3)16(20-7-8-21-16)9-12(17)13-14(18)19-10-15(13,4)6-2/h6,11-13,17H,2,5,7-10H2,1,3-4H3. The third kappa shape index (κ3) is 2.87. The lowest BCUT2D eigenvalue weighted by atomic mass is 9.74. The highest BCUT2D eigenvalue weighted by atomic mass is 16.7. The third-order valence-electron chi connectivity index (χ3n) is 4.97. The predicted octanol–water partition coefficient (Wildman–Crippen LogP) is 1.89. The molecule has 0 amide bonds. The van der Waals surface area contributed by atoms with Crippen molar-refractivity contribution in [1.82, 2.24) is 0 Å². The van der Waals surface area contributed by atoms with Crippen molar-refractivity contribution in [3.8, 4) is 0 Å². The maximum Gasteiger partial charge on any atom is 0.312 e. The van der Waals surface area contributed by atoms with Gasteiger partial charge in [-0.25, -0.2) is 0 Å². The Bertz CT molecular complexity index is 401. The molecule has 2 aliphatic rings. The number of aliphatic hydroxyl groups excluding tert-OH is 1. The van der Waals surface area contributed by atoms with E-state index in [1.165, 1.54) is 0 Å². The third-order valence-corrected chi connectivity index (χ3v) is 4.97. The molecule has 2 aliphatic heterocycles. The molecular weight excluding hydrogens is 272 g/mol. The first-order chi connectivity index (χ1) is 9.88. The van der Waals surface area contributed by atoms with Gasteiger partial charge in [-0.1, -0.05) is 26.8 Å². The molecule has 1 N–H and O–H groups in total. The van der Waals surface area contributed by atoms with Gasteiger partial charge in [0.1, 0.15) is 6.61 Å². The summed E-state index contributed by atoms with van der Waals surface area (Å²) in [5.74, 6) is -1.66. The molecular formula is C16H26O5. The average Bonchev–Trinajstić information content (AvgIpc) is 3.04. The van der Waals surface area contributed by atoms with Crippen molar-refractivity contribution in [2.75, 3.05) is 19.8 Å². The van der Waals surface area contributed by atoms with Gasteiger partial charge >= 0.3 is 5.97 Å². The number of hydrogen-bond acceptors (Lipinski definition) is 5. The number of aliphatic hydroxyl groups is 1. The van der Waals surface area contributed by atoms with Crippen LogP contribution in [-0.2, 0) is 19.0 Å². The smallest absolute Gasteiger partial charge is 0.312 e. The summed E-state index contributed by atoms with van der Waals surface area (Å²) in [6.45, 7) is 11.0. The highest BCUT2D eigenvalue weighted by Gasteiger charge is 2.52. The van der Waals surface area contributed by atoms with E-state index in [1.807, 2.05) is 13.8 Å². The van der Waals surface area contributed by atoms with Crippen LogP contribution >= 0.6 is 0 Å². The summed E-state index contributed by atoms with van der Waals surface area (Å²) in [7, 11) is 0. The molecule has 2 fully saturated rings. The second-order valence-corrected chi connectivity index (χ2v) is 6.38. The lowest BCUT2D eigenvalue weighted by Crippen LogP contribution is -2.46. The van der Waals surface area contributed by atoms with Gasteiger partial charge in [0.2, 0.25) is 0 Å². The maximum atomic E-state index is 12.0. The average molecular weight is 298 g/mol. The molecule has 2 heterocycles. The molecule has 4 atom stereocenters. The van der Waals surface area contributed by atoms with E-state index < -0.39 is 23.2 Å². The normalized spacial score (nSPS) is 34.5. The predicted molar refractivity (Wildman–Crippen MR) is 77.5 cm³/mol. The Morgan fingerprint density at radius 3 is 2.62 bits per heavy atom. The van der Waals surface area contributed by atoms with E-state index in [1.54, 1.807) is 6.08 Å². The van der Waals surface area contributed by atoms with E-state index in [0.29, 0.717) is 13.2 Å². The summed E-state index contributed by atoms with van der Waals surface area (Å²) in [4.78, 5) is 12.0. The van der Waals surface area contributed by atoms with Crippen molar-refractivity contribution in [1.29, 1.82) is 0 Å². The van der Waals surface area contributed by atoms with Gasteiger partial charge in [0.25, 0.3) is 0 Å². The van der Waals surface area contributed by atoms with Crippen LogP contribution < -0.4 is 0 Å². The largest absolute Gasteiger partial charge is 0.464 e. The summed E-state index contributed by atoms with van der Waals surface area (Å²) in [5.41, 5.74) is -0.550. The van der Waals surface area contributed by atoms with Gasteiger partial charge < -0.3 is 19.3 Å². The quantitative estimate of drug-likeness (QED) is 0.599. The Morgan fingerprint density at radius 1 is 1.48 bits per heavy atom. The lowest BCUT2D eigenvalue weighted by Gasteiger charge is -2.37. The van der Waals surface area contributed by atoms with Gasteiger partial charge in [0.15, 0.2) is 5.79 Å². The minimum atomic E-state index is -0.880. The molecule has 0 saturated carbocycles. The van der Waals surface area contributed by atoms with Crippen molar-refractivity contribution < 1.29 is 24.1 Å².